The molecule has 0 saturated heterocycles. The van der Waals surface area contributed by atoms with Crippen LogP contribution in [0.1, 0.15) is 37.7 Å². The molecule has 8 heteroatoms. The molecule has 0 unspecified atom stereocenters. The number of nitrogens with zero attached hydrogens (tertiary/aromatic N) is 2. The van der Waals surface area contributed by atoms with E-state index < -0.39 is 10.0 Å². The zero-order valence-corrected chi connectivity index (χ0v) is 16.3. The number of likely N-dealkylation sites (N-methyl/N-ethyl adjacent to an activating group) is 1. The molecule has 2 rings (SSSR count). The van der Waals surface area contributed by atoms with Crippen LogP contribution in [0.5, 0.6) is 0 Å². The number of benzene rings is 1. The van der Waals surface area contributed by atoms with Crippen LogP contribution in [0.15, 0.2) is 40.9 Å². The molecule has 0 aromatic heterocycles. The van der Waals surface area contributed by atoms with Crippen LogP contribution in [0.3, 0.4) is 0 Å². The van der Waals surface area contributed by atoms with Crippen molar-refractivity contribution in [2.24, 2.45) is 5.14 Å². The van der Waals surface area contributed by atoms with Gasteiger partial charge in [-0.2, -0.15) is 5.26 Å². The molecule has 0 atom stereocenters. The van der Waals surface area contributed by atoms with E-state index in [9.17, 15) is 18.5 Å². The number of amides is 1. The lowest BCUT2D eigenvalue weighted by Crippen LogP contribution is -2.39. The van der Waals surface area contributed by atoms with Gasteiger partial charge < -0.3 is 10.2 Å². The van der Waals surface area contributed by atoms with E-state index in [4.69, 9.17) is 5.14 Å². The van der Waals surface area contributed by atoms with Crippen molar-refractivity contribution in [3.63, 3.8) is 0 Å². The third-order valence-electron chi connectivity index (χ3n) is 4.85. The van der Waals surface area contributed by atoms with Crippen LogP contribution in [0.25, 0.3) is 0 Å². The Morgan fingerprint density at radius 3 is 2.48 bits per heavy atom. The quantitative estimate of drug-likeness (QED) is 0.417. The Bertz CT molecular complexity index is 820. The largest absolute Gasteiger partial charge is 0.389 e. The lowest BCUT2D eigenvalue weighted by molar-refractivity contribution is -0.128. The van der Waals surface area contributed by atoms with E-state index >= 15 is 0 Å². The normalized spacial score (nSPS) is 15.8. The number of carbonyl (C=O) groups is 1. The van der Waals surface area contributed by atoms with Crippen LogP contribution in [-0.2, 0) is 21.2 Å². The van der Waals surface area contributed by atoms with Gasteiger partial charge in [-0.15, -0.1) is 0 Å². The van der Waals surface area contributed by atoms with Crippen molar-refractivity contribution < 1.29 is 13.2 Å². The number of hydrogen-bond acceptors (Lipinski definition) is 5. The monoisotopic (exact) mass is 390 g/mol. The summed E-state index contributed by atoms with van der Waals surface area (Å²) in [5, 5.41) is 17.4. The summed E-state index contributed by atoms with van der Waals surface area (Å²) in [7, 11) is -1.93. The topological polar surface area (TPSA) is 116 Å². The van der Waals surface area contributed by atoms with Gasteiger partial charge in [0.15, 0.2) is 0 Å². The minimum Gasteiger partial charge on any atom is -0.389 e. The molecule has 0 heterocycles. The van der Waals surface area contributed by atoms with Crippen molar-refractivity contribution >= 4 is 15.9 Å². The second-order valence-electron chi connectivity index (χ2n) is 6.77. The number of primary sulfonamides is 1. The highest BCUT2D eigenvalue weighted by Crippen LogP contribution is 2.22. The summed E-state index contributed by atoms with van der Waals surface area (Å²) in [5.41, 5.74) is 1.01. The van der Waals surface area contributed by atoms with E-state index in [0.717, 1.165) is 31.2 Å². The molecule has 146 valence electrons. The van der Waals surface area contributed by atoms with E-state index in [-0.39, 0.29) is 22.4 Å². The molecule has 1 fully saturated rings. The molecule has 3 N–H and O–H groups in total. The third-order valence-corrected chi connectivity index (χ3v) is 5.78. The fraction of sp³-hybridized carbons (Fsp3) is 0.474. The highest BCUT2D eigenvalue weighted by molar-refractivity contribution is 7.89. The molecule has 1 aromatic rings. The van der Waals surface area contributed by atoms with E-state index in [0.29, 0.717) is 13.0 Å². The zero-order valence-electron chi connectivity index (χ0n) is 15.5. The fourth-order valence-electron chi connectivity index (χ4n) is 3.20. The van der Waals surface area contributed by atoms with Crippen molar-refractivity contribution in [1.82, 2.24) is 10.2 Å². The SMILES string of the molecule is CN(C(=O)/C(C#N)=C\NCCc1ccc(S(N)(=O)=O)cc1)C1CCCCC1. The summed E-state index contributed by atoms with van der Waals surface area (Å²) < 4.78 is 22.5. The Hall–Kier alpha value is -2.37. The molecule has 27 heavy (non-hydrogen) atoms. The maximum Gasteiger partial charge on any atom is 0.265 e. The smallest absolute Gasteiger partial charge is 0.265 e. The number of rotatable bonds is 7. The van der Waals surface area contributed by atoms with Crippen molar-refractivity contribution in [3.8, 4) is 6.07 Å². The van der Waals surface area contributed by atoms with Gasteiger partial charge in [0.25, 0.3) is 5.91 Å². The minimum atomic E-state index is -3.69. The summed E-state index contributed by atoms with van der Waals surface area (Å²) in [5.74, 6) is -0.255. The summed E-state index contributed by atoms with van der Waals surface area (Å²) in [4.78, 5) is 14.2. The van der Waals surface area contributed by atoms with Gasteiger partial charge >= 0.3 is 0 Å². The Kier molecular flexibility index (Phi) is 7.39. The fourth-order valence-corrected chi connectivity index (χ4v) is 3.72. The van der Waals surface area contributed by atoms with Gasteiger partial charge in [0.1, 0.15) is 11.6 Å². The first-order valence-electron chi connectivity index (χ1n) is 9.05. The van der Waals surface area contributed by atoms with Gasteiger partial charge in [0.05, 0.1) is 4.90 Å². The van der Waals surface area contributed by atoms with Gasteiger partial charge in [-0.25, -0.2) is 13.6 Å². The van der Waals surface area contributed by atoms with Crippen LogP contribution in [0.4, 0.5) is 0 Å². The molecule has 1 aliphatic rings. The van der Waals surface area contributed by atoms with Crippen molar-refractivity contribution in [2.45, 2.75) is 49.5 Å². The van der Waals surface area contributed by atoms with Crippen LogP contribution in [0, 0.1) is 11.3 Å². The van der Waals surface area contributed by atoms with E-state index in [1.165, 1.54) is 24.8 Å². The van der Waals surface area contributed by atoms with Crippen LogP contribution >= 0.6 is 0 Å². The molecular weight excluding hydrogens is 364 g/mol. The van der Waals surface area contributed by atoms with Gasteiger partial charge in [0, 0.05) is 25.8 Å². The summed E-state index contributed by atoms with van der Waals surface area (Å²) in [6, 6.07) is 8.49. The molecule has 1 aliphatic carbocycles. The molecule has 0 aliphatic heterocycles. The highest BCUT2D eigenvalue weighted by Gasteiger charge is 2.24. The second kappa shape index (κ2) is 9.53. The van der Waals surface area contributed by atoms with Gasteiger partial charge in [-0.05, 0) is 37.0 Å². The molecule has 1 aromatic carbocycles. The maximum atomic E-state index is 12.5. The van der Waals surface area contributed by atoms with E-state index in [1.54, 1.807) is 24.1 Å². The predicted octanol–water partition coefficient (Wildman–Crippen LogP) is 1.66. The standard InChI is InChI=1S/C19H26N4O3S/c1-23(17-5-3-2-4-6-17)19(24)16(13-20)14-22-12-11-15-7-9-18(10-8-15)27(21,25)26/h7-10,14,17,22H,2-6,11-12H2,1H3,(H2,21,25,26)/b16-14-. The van der Waals surface area contributed by atoms with Crippen LogP contribution < -0.4 is 10.5 Å². The Morgan fingerprint density at radius 1 is 1.30 bits per heavy atom. The van der Waals surface area contributed by atoms with Crippen LogP contribution in [0.2, 0.25) is 0 Å². The first kappa shape index (κ1) is 20.9. The number of nitrogens with two attached hydrogens (primary N) is 1. The van der Waals surface area contributed by atoms with Crippen molar-refractivity contribution in [3.05, 3.63) is 41.6 Å². The van der Waals surface area contributed by atoms with Gasteiger partial charge in [0.2, 0.25) is 10.0 Å². The van der Waals surface area contributed by atoms with Gasteiger partial charge in [-0.1, -0.05) is 31.4 Å². The lowest BCUT2D eigenvalue weighted by atomic mass is 9.94. The van der Waals surface area contributed by atoms with E-state index in [2.05, 4.69) is 5.32 Å². The first-order chi connectivity index (χ1) is 12.8. The molecular formula is C19H26N4O3S. The predicted molar refractivity (Wildman–Crippen MR) is 103 cm³/mol. The lowest BCUT2D eigenvalue weighted by Gasteiger charge is -2.31. The van der Waals surface area contributed by atoms with Gasteiger partial charge in [-0.3, -0.25) is 4.79 Å². The average molecular weight is 391 g/mol. The summed E-state index contributed by atoms with van der Waals surface area (Å²) >= 11 is 0. The van der Waals surface area contributed by atoms with Crippen molar-refractivity contribution in [1.29, 1.82) is 5.26 Å². The Balaban J connectivity index is 1.87. The highest BCUT2D eigenvalue weighted by atomic mass is 32.2. The number of hydrogen-bond donors (Lipinski definition) is 2. The third kappa shape index (κ3) is 6.08. The first-order valence-corrected chi connectivity index (χ1v) is 10.6. The molecule has 1 amide bonds. The summed E-state index contributed by atoms with van der Waals surface area (Å²) in [6.07, 6.45) is 7.50. The summed E-state index contributed by atoms with van der Waals surface area (Å²) in [6.45, 7) is 0.514. The average Bonchev–Trinajstić information content (AvgIpc) is 2.67. The second-order valence-corrected chi connectivity index (χ2v) is 8.33. The van der Waals surface area contributed by atoms with Crippen LogP contribution in [-0.4, -0.2) is 38.9 Å². The zero-order chi connectivity index (χ0) is 19.9. The molecule has 0 spiro atoms. The Morgan fingerprint density at radius 2 is 1.93 bits per heavy atom. The van der Waals surface area contributed by atoms with E-state index in [1.807, 2.05) is 6.07 Å². The number of carbonyl (C=O) groups excluding carboxylic acids is 1. The molecule has 0 bridgehead atoms. The number of sulfonamides is 1. The number of nitrogens with one attached hydrogen (secondary N) is 1. The Labute approximate surface area is 160 Å². The van der Waals surface area contributed by atoms with Crippen molar-refractivity contribution in [2.75, 3.05) is 13.6 Å². The molecule has 7 nitrogen and oxygen atoms in total. The molecule has 1 saturated carbocycles. The maximum absolute atomic E-state index is 12.5. The minimum absolute atomic E-state index is 0.0715. The number of nitriles is 1. The molecule has 0 radical (unpaired) electrons.